The van der Waals surface area contributed by atoms with E-state index in [-0.39, 0.29) is 6.04 Å². The Morgan fingerprint density at radius 3 is 2.95 bits per heavy atom. The SMILES string of the molecule is Cc1cnc(C(C)Nc2nc(NN)nc3sccc23)o1. The summed E-state index contributed by atoms with van der Waals surface area (Å²) in [6.45, 7) is 3.82. The van der Waals surface area contributed by atoms with Crippen LogP contribution >= 0.6 is 11.3 Å². The van der Waals surface area contributed by atoms with Gasteiger partial charge in [0.25, 0.3) is 0 Å². The van der Waals surface area contributed by atoms with E-state index in [1.807, 2.05) is 25.3 Å². The molecule has 0 saturated carbocycles. The van der Waals surface area contributed by atoms with Gasteiger partial charge in [-0.15, -0.1) is 11.3 Å². The molecule has 0 spiro atoms. The van der Waals surface area contributed by atoms with Crippen molar-refractivity contribution in [1.82, 2.24) is 15.0 Å². The van der Waals surface area contributed by atoms with Crippen LogP contribution in [0.4, 0.5) is 11.8 Å². The van der Waals surface area contributed by atoms with Gasteiger partial charge < -0.3 is 9.73 Å². The molecule has 7 nitrogen and oxygen atoms in total. The molecule has 0 aliphatic heterocycles. The van der Waals surface area contributed by atoms with Gasteiger partial charge in [0.15, 0.2) is 0 Å². The molecule has 3 heterocycles. The highest BCUT2D eigenvalue weighted by molar-refractivity contribution is 7.16. The van der Waals surface area contributed by atoms with E-state index < -0.39 is 0 Å². The minimum absolute atomic E-state index is 0.104. The lowest BCUT2D eigenvalue weighted by Gasteiger charge is -2.12. The van der Waals surface area contributed by atoms with Crippen LogP contribution in [-0.4, -0.2) is 15.0 Å². The van der Waals surface area contributed by atoms with Gasteiger partial charge in [-0.1, -0.05) is 0 Å². The van der Waals surface area contributed by atoms with Gasteiger partial charge in [0, 0.05) is 0 Å². The first-order valence-electron chi connectivity index (χ1n) is 6.08. The summed E-state index contributed by atoms with van der Waals surface area (Å²) in [5.74, 6) is 7.87. The van der Waals surface area contributed by atoms with E-state index in [2.05, 4.69) is 25.7 Å². The van der Waals surface area contributed by atoms with Crippen molar-refractivity contribution < 1.29 is 4.42 Å². The summed E-state index contributed by atoms with van der Waals surface area (Å²) in [5.41, 5.74) is 2.47. The topological polar surface area (TPSA) is 102 Å². The Balaban J connectivity index is 1.95. The van der Waals surface area contributed by atoms with Crippen molar-refractivity contribution in [2.45, 2.75) is 19.9 Å². The molecule has 0 radical (unpaired) electrons. The highest BCUT2D eigenvalue weighted by Gasteiger charge is 2.15. The maximum Gasteiger partial charge on any atom is 0.240 e. The predicted molar refractivity (Wildman–Crippen MR) is 78.5 cm³/mol. The van der Waals surface area contributed by atoms with Crippen LogP contribution in [0.5, 0.6) is 0 Å². The lowest BCUT2D eigenvalue weighted by atomic mass is 10.3. The molecule has 1 atom stereocenters. The van der Waals surface area contributed by atoms with E-state index in [1.54, 1.807) is 6.20 Å². The smallest absolute Gasteiger partial charge is 0.240 e. The van der Waals surface area contributed by atoms with E-state index >= 15 is 0 Å². The third kappa shape index (κ3) is 2.30. The molecule has 3 aromatic heterocycles. The van der Waals surface area contributed by atoms with Gasteiger partial charge in [-0.3, -0.25) is 5.43 Å². The average molecular weight is 290 g/mol. The third-order valence-electron chi connectivity index (χ3n) is 2.82. The second kappa shape index (κ2) is 5.06. The number of rotatable bonds is 4. The highest BCUT2D eigenvalue weighted by Crippen LogP contribution is 2.28. The van der Waals surface area contributed by atoms with Gasteiger partial charge >= 0.3 is 0 Å². The lowest BCUT2D eigenvalue weighted by Crippen LogP contribution is -2.13. The standard InChI is InChI=1S/C12H14N6OS/c1-6-5-14-10(19-6)7(2)15-9-8-3-4-20-11(8)17-12(16-9)18-13/h3-5,7H,13H2,1-2H3,(H2,15,16,17,18). The number of nitrogen functional groups attached to an aromatic ring is 1. The van der Waals surface area contributed by atoms with Crippen LogP contribution in [0.1, 0.15) is 24.6 Å². The lowest BCUT2D eigenvalue weighted by molar-refractivity contribution is 0.453. The van der Waals surface area contributed by atoms with E-state index in [0.717, 1.165) is 16.0 Å². The Labute approximate surface area is 119 Å². The summed E-state index contributed by atoms with van der Waals surface area (Å²) >= 11 is 1.53. The van der Waals surface area contributed by atoms with E-state index in [1.165, 1.54) is 11.3 Å². The van der Waals surface area contributed by atoms with Crippen LogP contribution in [0.15, 0.2) is 22.1 Å². The Bertz CT molecular complexity index is 736. The van der Waals surface area contributed by atoms with Gasteiger partial charge in [0.2, 0.25) is 11.8 Å². The van der Waals surface area contributed by atoms with E-state index in [0.29, 0.717) is 17.7 Å². The second-order valence-corrected chi connectivity index (χ2v) is 5.25. The van der Waals surface area contributed by atoms with Crippen molar-refractivity contribution in [2.24, 2.45) is 5.84 Å². The predicted octanol–water partition coefficient (Wildman–Crippen LogP) is 2.45. The molecular weight excluding hydrogens is 276 g/mol. The molecule has 3 rings (SSSR count). The Kier molecular flexibility index (Phi) is 3.25. The van der Waals surface area contributed by atoms with Gasteiger partial charge in [-0.2, -0.15) is 4.98 Å². The molecule has 8 heteroatoms. The van der Waals surface area contributed by atoms with Crippen LogP contribution < -0.4 is 16.6 Å². The van der Waals surface area contributed by atoms with Crippen LogP contribution in [0.25, 0.3) is 10.2 Å². The molecule has 0 fully saturated rings. The summed E-state index contributed by atoms with van der Waals surface area (Å²) in [4.78, 5) is 13.7. The Morgan fingerprint density at radius 2 is 2.25 bits per heavy atom. The number of hydrogen-bond acceptors (Lipinski definition) is 8. The maximum absolute atomic E-state index is 5.51. The zero-order valence-electron chi connectivity index (χ0n) is 11.0. The van der Waals surface area contributed by atoms with Crippen LogP contribution in [-0.2, 0) is 0 Å². The summed E-state index contributed by atoms with van der Waals surface area (Å²) in [6, 6.07) is 1.86. The number of nitrogens with zero attached hydrogens (tertiary/aromatic N) is 3. The number of aryl methyl sites for hydroxylation is 1. The first kappa shape index (κ1) is 12.8. The number of hydrazine groups is 1. The molecule has 0 aromatic carbocycles. The summed E-state index contributed by atoms with van der Waals surface area (Å²) in [6.07, 6.45) is 1.69. The molecule has 3 aromatic rings. The Morgan fingerprint density at radius 1 is 1.40 bits per heavy atom. The van der Waals surface area contributed by atoms with E-state index in [4.69, 9.17) is 10.3 Å². The van der Waals surface area contributed by atoms with Crippen molar-refractivity contribution in [3.8, 4) is 0 Å². The normalized spacial score (nSPS) is 12.6. The third-order valence-corrected chi connectivity index (χ3v) is 3.62. The second-order valence-electron chi connectivity index (χ2n) is 4.35. The van der Waals surface area contributed by atoms with Crippen molar-refractivity contribution in [1.29, 1.82) is 0 Å². The molecule has 0 aliphatic carbocycles. The zero-order valence-corrected chi connectivity index (χ0v) is 11.9. The average Bonchev–Trinajstić information content (AvgIpc) is 3.06. The largest absolute Gasteiger partial charge is 0.444 e. The number of anilines is 2. The van der Waals surface area contributed by atoms with Crippen LogP contribution in [0, 0.1) is 6.92 Å². The fourth-order valence-corrected chi connectivity index (χ4v) is 2.63. The quantitative estimate of drug-likeness (QED) is 0.501. The van der Waals surface area contributed by atoms with Crippen molar-refractivity contribution >= 4 is 33.3 Å². The van der Waals surface area contributed by atoms with Gasteiger partial charge in [-0.05, 0) is 25.3 Å². The summed E-state index contributed by atoms with van der Waals surface area (Å²) < 4.78 is 5.51. The van der Waals surface area contributed by atoms with Gasteiger partial charge in [-0.25, -0.2) is 15.8 Å². The van der Waals surface area contributed by atoms with Crippen molar-refractivity contribution in [3.05, 3.63) is 29.3 Å². The van der Waals surface area contributed by atoms with Crippen molar-refractivity contribution in [3.63, 3.8) is 0 Å². The fraction of sp³-hybridized carbons (Fsp3) is 0.250. The molecule has 104 valence electrons. The molecule has 0 amide bonds. The molecule has 4 N–H and O–H groups in total. The summed E-state index contributed by atoms with van der Waals surface area (Å²) in [7, 11) is 0. The number of nitrogens with two attached hydrogens (primary N) is 1. The summed E-state index contributed by atoms with van der Waals surface area (Å²) in [5, 5.41) is 6.19. The maximum atomic E-state index is 5.51. The van der Waals surface area contributed by atoms with Crippen molar-refractivity contribution in [2.75, 3.05) is 10.7 Å². The molecule has 0 saturated heterocycles. The number of oxazole rings is 1. The first-order chi connectivity index (χ1) is 9.67. The molecule has 0 aliphatic rings. The van der Waals surface area contributed by atoms with Crippen LogP contribution in [0.3, 0.4) is 0 Å². The molecule has 0 bridgehead atoms. The molecule has 1 unspecified atom stereocenters. The first-order valence-corrected chi connectivity index (χ1v) is 6.96. The molecular formula is C12H14N6OS. The van der Waals surface area contributed by atoms with Gasteiger partial charge in [0.05, 0.1) is 11.6 Å². The highest BCUT2D eigenvalue weighted by atomic mass is 32.1. The van der Waals surface area contributed by atoms with Crippen LogP contribution in [0.2, 0.25) is 0 Å². The number of fused-ring (bicyclic) bond motifs is 1. The minimum atomic E-state index is -0.104. The number of hydrogen-bond donors (Lipinski definition) is 3. The zero-order chi connectivity index (χ0) is 14.1. The number of thiophene rings is 1. The number of nitrogens with one attached hydrogen (secondary N) is 2. The molecule has 20 heavy (non-hydrogen) atoms. The fourth-order valence-electron chi connectivity index (χ4n) is 1.87. The minimum Gasteiger partial charge on any atom is -0.444 e. The monoisotopic (exact) mass is 290 g/mol. The Hall–Kier alpha value is -2.19. The van der Waals surface area contributed by atoms with E-state index in [9.17, 15) is 0 Å². The van der Waals surface area contributed by atoms with Gasteiger partial charge in [0.1, 0.15) is 22.5 Å². The number of aromatic nitrogens is 3.